The predicted molar refractivity (Wildman–Crippen MR) is 61.0 cm³/mol. The van der Waals surface area contributed by atoms with Crippen molar-refractivity contribution in [1.29, 1.82) is 0 Å². The fraction of sp³-hybridized carbons (Fsp3) is 0.273. The molecule has 2 heterocycles. The molecule has 0 atom stereocenters. The largest absolute Gasteiger partial charge is 0.467 e. The van der Waals surface area contributed by atoms with Gasteiger partial charge in [-0.25, -0.2) is 4.98 Å². The lowest BCUT2D eigenvalue weighted by molar-refractivity contribution is -0.121. The molecule has 0 spiro atoms. The number of nitrogens with zero attached hydrogens (tertiary/aromatic N) is 1. The first-order valence-corrected chi connectivity index (χ1v) is 5.95. The molecule has 0 radical (unpaired) electrons. The zero-order chi connectivity index (χ0) is 11.2. The van der Waals surface area contributed by atoms with Crippen molar-refractivity contribution in [3.63, 3.8) is 0 Å². The summed E-state index contributed by atoms with van der Waals surface area (Å²) in [5.74, 6) is 0.784. The van der Waals surface area contributed by atoms with E-state index in [9.17, 15) is 4.79 Å². The maximum absolute atomic E-state index is 11.5. The highest BCUT2D eigenvalue weighted by molar-refractivity contribution is 7.07. The molecule has 5 heteroatoms. The maximum Gasteiger partial charge on any atom is 0.220 e. The van der Waals surface area contributed by atoms with E-state index in [4.69, 9.17) is 4.42 Å². The summed E-state index contributed by atoms with van der Waals surface area (Å²) in [7, 11) is 0. The summed E-state index contributed by atoms with van der Waals surface area (Å²) in [4.78, 5) is 15.6. The van der Waals surface area contributed by atoms with E-state index in [2.05, 4.69) is 10.3 Å². The van der Waals surface area contributed by atoms with Gasteiger partial charge in [0.2, 0.25) is 5.91 Å². The Kier molecular flexibility index (Phi) is 3.71. The molecule has 0 aromatic carbocycles. The van der Waals surface area contributed by atoms with E-state index < -0.39 is 0 Å². The third-order valence-electron chi connectivity index (χ3n) is 2.13. The summed E-state index contributed by atoms with van der Waals surface area (Å²) in [5, 5.41) is 4.75. The second-order valence-electron chi connectivity index (χ2n) is 3.34. The van der Waals surface area contributed by atoms with Crippen molar-refractivity contribution < 1.29 is 9.21 Å². The zero-order valence-corrected chi connectivity index (χ0v) is 9.50. The molecule has 16 heavy (non-hydrogen) atoms. The van der Waals surface area contributed by atoms with Crippen LogP contribution in [0.3, 0.4) is 0 Å². The number of rotatable bonds is 5. The van der Waals surface area contributed by atoms with Gasteiger partial charge in [-0.1, -0.05) is 0 Å². The van der Waals surface area contributed by atoms with E-state index in [1.807, 2.05) is 11.4 Å². The molecule has 0 fully saturated rings. The highest BCUT2D eigenvalue weighted by atomic mass is 32.1. The molecule has 1 amide bonds. The molecular formula is C11H12N2O2S. The Balaban J connectivity index is 1.69. The third-order valence-corrected chi connectivity index (χ3v) is 2.77. The molecular weight excluding hydrogens is 224 g/mol. The van der Waals surface area contributed by atoms with Gasteiger partial charge in [-0.2, -0.15) is 0 Å². The van der Waals surface area contributed by atoms with Gasteiger partial charge in [-0.3, -0.25) is 4.79 Å². The zero-order valence-electron chi connectivity index (χ0n) is 8.68. The van der Waals surface area contributed by atoms with Crippen LogP contribution in [0, 0.1) is 0 Å². The summed E-state index contributed by atoms with van der Waals surface area (Å²) in [6.45, 7) is 0.447. The first kappa shape index (κ1) is 10.9. The summed E-state index contributed by atoms with van der Waals surface area (Å²) in [5.41, 5.74) is 2.74. The van der Waals surface area contributed by atoms with E-state index in [1.54, 1.807) is 29.2 Å². The Morgan fingerprint density at radius 3 is 3.19 bits per heavy atom. The number of thiazole rings is 1. The molecule has 0 unspecified atom stereocenters. The summed E-state index contributed by atoms with van der Waals surface area (Å²) in [6, 6.07) is 3.64. The molecule has 2 rings (SSSR count). The van der Waals surface area contributed by atoms with Crippen molar-refractivity contribution in [1.82, 2.24) is 10.3 Å². The van der Waals surface area contributed by atoms with Crippen LogP contribution in [0.2, 0.25) is 0 Å². The molecule has 0 aliphatic rings. The van der Waals surface area contributed by atoms with E-state index in [0.29, 0.717) is 19.4 Å². The van der Waals surface area contributed by atoms with E-state index in [-0.39, 0.29) is 5.91 Å². The number of aromatic nitrogens is 1. The Morgan fingerprint density at radius 1 is 1.56 bits per heavy atom. The van der Waals surface area contributed by atoms with Crippen LogP contribution < -0.4 is 5.32 Å². The molecule has 0 aliphatic heterocycles. The van der Waals surface area contributed by atoms with Crippen LogP contribution >= 0.6 is 11.3 Å². The fourth-order valence-corrected chi connectivity index (χ4v) is 1.88. The van der Waals surface area contributed by atoms with Crippen molar-refractivity contribution in [2.75, 3.05) is 0 Å². The number of carbonyl (C=O) groups is 1. The number of furan rings is 1. The lowest BCUT2D eigenvalue weighted by Crippen LogP contribution is -2.22. The van der Waals surface area contributed by atoms with Crippen molar-refractivity contribution in [3.8, 4) is 0 Å². The van der Waals surface area contributed by atoms with E-state index in [1.165, 1.54) is 0 Å². The van der Waals surface area contributed by atoms with Gasteiger partial charge in [-0.15, -0.1) is 11.3 Å². The highest BCUT2D eigenvalue weighted by Gasteiger charge is 2.04. The third kappa shape index (κ3) is 3.20. The molecule has 0 aliphatic carbocycles. The summed E-state index contributed by atoms with van der Waals surface area (Å²) < 4.78 is 5.11. The average molecular weight is 236 g/mol. The maximum atomic E-state index is 11.5. The molecule has 2 aromatic rings. The van der Waals surface area contributed by atoms with Gasteiger partial charge in [-0.05, 0) is 18.6 Å². The van der Waals surface area contributed by atoms with Gasteiger partial charge in [0.05, 0.1) is 24.0 Å². The van der Waals surface area contributed by atoms with E-state index in [0.717, 1.165) is 11.5 Å². The standard InChI is InChI=1S/C11H12N2O2S/c14-11(4-3-9-7-16-8-13-9)12-6-10-2-1-5-15-10/h1-2,5,7-8H,3-4,6H2,(H,12,14). The molecule has 0 saturated heterocycles. The van der Waals surface area contributed by atoms with Crippen LogP contribution in [0.1, 0.15) is 17.9 Å². The summed E-state index contributed by atoms with van der Waals surface area (Å²) in [6.07, 6.45) is 2.74. The Hall–Kier alpha value is -1.62. The van der Waals surface area contributed by atoms with Crippen molar-refractivity contribution in [2.24, 2.45) is 0 Å². The van der Waals surface area contributed by atoms with E-state index >= 15 is 0 Å². The topological polar surface area (TPSA) is 55.1 Å². The Labute approximate surface area is 97.3 Å². The first-order chi connectivity index (χ1) is 7.84. The second-order valence-corrected chi connectivity index (χ2v) is 4.05. The van der Waals surface area contributed by atoms with Gasteiger partial charge >= 0.3 is 0 Å². The molecule has 4 nitrogen and oxygen atoms in total. The fourth-order valence-electron chi connectivity index (χ4n) is 1.29. The quantitative estimate of drug-likeness (QED) is 0.863. The van der Waals surface area contributed by atoms with Crippen molar-refractivity contribution in [2.45, 2.75) is 19.4 Å². The minimum absolute atomic E-state index is 0.0180. The number of carbonyl (C=O) groups excluding carboxylic acids is 1. The molecule has 1 N–H and O–H groups in total. The lowest BCUT2D eigenvalue weighted by Gasteiger charge is -2.01. The van der Waals surface area contributed by atoms with Crippen LogP contribution in [0.25, 0.3) is 0 Å². The van der Waals surface area contributed by atoms with Gasteiger partial charge in [0.15, 0.2) is 0 Å². The smallest absolute Gasteiger partial charge is 0.220 e. The van der Waals surface area contributed by atoms with Gasteiger partial charge in [0.1, 0.15) is 5.76 Å². The normalized spacial score (nSPS) is 10.2. The van der Waals surface area contributed by atoms with Gasteiger partial charge in [0, 0.05) is 11.8 Å². The van der Waals surface area contributed by atoms with Crippen molar-refractivity contribution in [3.05, 3.63) is 40.7 Å². The lowest BCUT2D eigenvalue weighted by atomic mass is 10.2. The Bertz CT molecular complexity index is 383. The first-order valence-electron chi connectivity index (χ1n) is 5.01. The van der Waals surface area contributed by atoms with Crippen LogP contribution in [-0.4, -0.2) is 10.9 Å². The molecule has 84 valence electrons. The Morgan fingerprint density at radius 2 is 2.50 bits per heavy atom. The number of hydrogen-bond donors (Lipinski definition) is 1. The number of hydrogen-bond acceptors (Lipinski definition) is 4. The molecule has 2 aromatic heterocycles. The highest BCUT2D eigenvalue weighted by Crippen LogP contribution is 2.04. The summed E-state index contributed by atoms with van der Waals surface area (Å²) >= 11 is 1.54. The molecule has 0 saturated carbocycles. The SMILES string of the molecule is O=C(CCc1cscn1)NCc1ccco1. The van der Waals surface area contributed by atoms with Crippen LogP contribution in [-0.2, 0) is 17.8 Å². The number of aryl methyl sites for hydroxylation is 1. The van der Waals surface area contributed by atoms with Gasteiger partial charge in [0.25, 0.3) is 0 Å². The van der Waals surface area contributed by atoms with Crippen molar-refractivity contribution >= 4 is 17.2 Å². The van der Waals surface area contributed by atoms with Crippen LogP contribution in [0.15, 0.2) is 33.7 Å². The van der Waals surface area contributed by atoms with Crippen LogP contribution in [0.4, 0.5) is 0 Å². The number of nitrogens with one attached hydrogen (secondary N) is 1. The average Bonchev–Trinajstić information content (AvgIpc) is 2.96. The second kappa shape index (κ2) is 5.46. The van der Waals surface area contributed by atoms with Crippen LogP contribution in [0.5, 0.6) is 0 Å². The van der Waals surface area contributed by atoms with Gasteiger partial charge < -0.3 is 9.73 Å². The molecule has 0 bridgehead atoms. The minimum Gasteiger partial charge on any atom is -0.467 e. The predicted octanol–water partition coefficient (Wildman–Crippen LogP) is 1.99. The minimum atomic E-state index is 0.0180. The monoisotopic (exact) mass is 236 g/mol. The number of amides is 1.